The number of likely N-dealkylation sites (tertiary alicyclic amines) is 1. The van der Waals surface area contributed by atoms with E-state index in [9.17, 15) is 9.59 Å². The highest BCUT2D eigenvalue weighted by Crippen LogP contribution is 2.50. The van der Waals surface area contributed by atoms with E-state index >= 15 is 0 Å². The zero-order valence-corrected chi connectivity index (χ0v) is 6.69. The molecule has 12 heavy (non-hydrogen) atoms. The molecule has 0 bridgehead atoms. The topological polar surface area (TPSA) is 57.6 Å². The molecule has 1 spiro atoms. The van der Waals surface area contributed by atoms with Gasteiger partial charge in [-0.2, -0.15) is 0 Å². The van der Waals surface area contributed by atoms with E-state index in [0.29, 0.717) is 13.1 Å². The summed E-state index contributed by atoms with van der Waals surface area (Å²) in [5.41, 5.74) is 0.184. The molecule has 0 aromatic heterocycles. The Morgan fingerprint density at radius 2 is 2.08 bits per heavy atom. The Morgan fingerprint density at radius 3 is 2.50 bits per heavy atom. The predicted molar refractivity (Wildman–Crippen MR) is 40.8 cm³/mol. The van der Waals surface area contributed by atoms with Gasteiger partial charge in [-0.25, -0.2) is 4.79 Å². The van der Waals surface area contributed by atoms with Gasteiger partial charge in [0.1, 0.15) is 6.29 Å². The molecule has 1 saturated heterocycles. The van der Waals surface area contributed by atoms with Crippen LogP contribution in [-0.2, 0) is 4.79 Å². The molecule has 1 amide bonds. The summed E-state index contributed by atoms with van der Waals surface area (Å²) >= 11 is 0. The average Bonchev–Trinajstić information content (AvgIpc) is 1.81. The molecule has 0 aromatic rings. The maximum atomic E-state index is 10.4. The number of amides is 1. The van der Waals surface area contributed by atoms with E-state index < -0.39 is 6.09 Å². The highest BCUT2D eigenvalue weighted by Gasteiger charge is 2.53. The standard InChI is InChI=1S/C8H11NO3/c10-3-6-1-8(2-6)4-9(5-8)7(11)12/h3,6H,1-2,4-5H2,(H,11,12). The van der Waals surface area contributed by atoms with Crippen LogP contribution in [-0.4, -0.2) is 35.5 Å². The van der Waals surface area contributed by atoms with Crippen molar-refractivity contribution in [1.82, 2.24) is 4.90 Å². The zero-order chi connectivity index (χ0) is 8.77. The number of nitrogens with zero attached hydrogens (tertiary/aromatic N) is 1. The summed E-state index contributed by atoms with van der Waals surface area (Å²) in [6.07, 6.45) is 1.92. The molecule has 1 aliphatic heterocycles. The summed E-state index contributed by atoms with van der Waals surface area (Å²) in [5.74, 6) is 0.195. The molecule has 1 aliphatic carbocycles. The van der Waals surface area contributed by atoms with Crippen molar-refractivity contribution < 1.29 is 14.7 Å². The second-order valence-corrected chi connectivity index (χ2v) is 3.94. The molecule has 1 N–H and O–H groups in total. The number of hydrogen-bond acceptors (Lipinski definition) is 2. The lowest BCUT2D eigenvalue weighted by molar-refractivity contribution is -0.127. The van der Waals surface area contributed by atoms with E-state index in [-0.39, 0.29) is 11.3 Å². The molecule has 2 rings (SSSR count). The number of aldehydes is 1. The fourth-order valence-corrected chi connectivity index (χ4v) is 2.31. The van der Waals surface area contributed by atoms with Crippen molar-refractivity contribution in [3.63, 3.8) is 0 Å². The third-order valence-electron chi connectivity index (χ3n) is 2.91. The molecule has 0 atom stereocenters. The first-order chi connectivity index (χ1) is 5.65. The Labute approximate surface area is 70.2 Å². The lowest BCUT2D eigenvalue weighted by Crippen LogP contribution is -2.63. The van der Waals surface area contributed by atoms with Crippen molar-refractivity contribution in [2.24, 2.45) is 11.3 Å². The van der Waals surface area contributed by atoms with Crippen LogP contribution in [0.1, 0.15) is 12.8 Å². The number of rotatable bonds is 1. The van der Waals surface area contributed by atoms with Crippen LogP contribution in [0.4, 0.5) is 4.79 Å². The van der Waals surface area contributed by atoms with Gasteiger partial charge in [-0.3, -0.25) is 0 Å². The van der Waals surface area contributed by atoms with Crippen LogP contribution in [0.2, 0.25) is 0 Å². The van der Waals surface area contributed by atoms with Gasteiger partial charge in [-0.1, -0.05) is 0 Å². The molecule has 2 fully saturated rings. The van der Waals surface area contributed by atoms with Crippen LogP contribution in [0.25, 0.3) is 0 Å². The third-order valence-corrected chi connectivity index (χ3v) is 2.91. The second-order valence-electron chi connectivity index (χ2n) is 3.94. The Morgan fingerprint density at radius 1 is 1.50 bits per heavy atom. The molecular weight excluding hydrogens is 158 g/mol. The first-order valence-corrected chi connectivity index (χ1v) is 4.08. The van der Waals surface area contributed by atoms with Crippen molar-refractivity contribution in [1.29, 1.82) is 0 Å². The molecule has 2 aliphatic rings. The number of hydrogen-bond donors (Lipinski definition) is 1. The monoisotopic (exact) mass is 169 g/mol. The summed E-state index contributed by atoms with van der Waals surface area (Å²) in [4.78, 5) is 22.1. The van der Waals surface area contributed by atoms with Crippen LogP contribution in [0.3, 0.4) is 0 Å². The minimum absolute atomic E-state index is 0.184. The predicted octanol–water partition coefficient (Wildman–Crippen LogP) is 0.575. The van der Waals surface area contributed by atoms with Crippen LogP contribution in [0, 0.1) is 11.3 Å². The minimum atomic E-state index is -0.838. The molecule has 1 saturated carbocycles. The fraction of sp³-hybridized carbons (Fsp3) is 0.750. The SMILES string of the molecule is O=CC1CC2(C1)CN(C(=O)O)C2. The van der Waals surface area contributed by atoms with E-state index in [2.05, 4.69) is 0 Å². The fourth-order valence-electron chi connectivity index (χ4n) is 2.31. The van der Waals surface area contributed by atoms with Crippen molar-refractivity contribution >= 4 is 12.4 Å². The second kappa shape index (κ2) is 2.21. The first-order valence-electron chi connectivity index (χ1n) is 4.08. The highest BCUT2D eigenvalue weighted by molar-refractivity contribution is 5.67. The maximum Gasteiger partial charge on any atom is 0.407 e. The van der Waals surface area contributed by atoms with Gasteiger partial charge in [0.05, 0.1) is 0 Å². The summed E-state index contributed by atoms with van der Waals surface area (Å²) in [6, 6.07) is 0. The average molecular weight is 169 g/mol. The van der Waals surface area contributed by atoms with Crippen molar-refractivity contribution in [3.05, 3.63) is 0 Å². The van der Waals surface area contributed by atoms with E-state index in [1.165, 1.54) is 4.90 Å². The van der Waals surface area contributed by atoms with E-state index in [4.69, 9.17) is 5.11 Å². The number of carboxylic acid groups (broad SMARTS) is 1. The third kappa shape index (κ3) is 0.906. The Hall–Kier alpha value is -1.06. The normalized spacial score (nSPS) is 26.2. The van der Waals surface area contributed by atoms with Crippen LogP contribution < -0.4 is 0 Å². The van der Waals surface area contributed by atoms with Gasteiger partial charge in [-0.15, -0.1) is 0 Å². The van der Waals surface area contributed by atoms with Gasteiger partial charge in [-0.05, 0) is 12.8 Å². The molecule has 0 aromatic carbocycles. The van der Waals surface area contributed by atoms with Crippen LogP contribution >= 0.6 is 0 Å². The Bertz CT molecular complexity index is 224. The smallest absolute Gasteiger partial charge is 0.407 e. The van der Waals surface area contributed by atoms with E-state index in [1.807, 2.05) is 0 Å². The summed E-state index contributed by atoms with van der Waals surface area (Å²) in [6.45, 7) is 1.26. The van der Waals surface area contributed by atoms with Gasteiger partial charge >= 0.3 is 6.09 Å². The number of carbonyl (C=O) groups excluding carboxylic acids is 1. The highest BCUT2D eigenvalue weighted by atomic mass is 16.4. The lowest BCUT2D eigenvalue weighted by Gasteiger charge is -2.56. The van der Waals surface area contributed by atoms with E-state index in [0.717, 1.165) is 19.1 Å². The van der Waals surface area contributed by atoms with Crippen molar-refractivity contribution in [2.45, 2.75) is 12.8 Å². The Kier molecular flexibility index (Phi) is 1.40. The molecule has 0 unspecified atom stereocenters. The lowest BCUT2D eigenvalue weighted by atomic mass is 9.58. The number of carbonyl (C=O) groups is 2. The minimum Gasteiger partial charge on any atom is -0.465 e. The van der Waals surface area contributed by atoms with Crippen LogP contribution in [0.15, 0.2) is 0 Å². The molecular formula is C8H11NO3. The van der Waals surface area contributed by atoms with Gasteiger partial charge in [0, 0.05) is 24.4 Å². The zero-order valence-electron chi connectivity index (χ0n) is 6.69. The molecule has 0 radical (unpaired) electrons. The van der Waals surface area contributed by atoms with Crippen molar-refractivity contribution in [3.8, 4) is 0 Å². The van der Waals surface area contributed by atoms with Crippen LogP contribution in [0.5, 0.6) is 0 Å². The summed E-state index contributed by atoms with van der Waals surface area (Å²) in [7, 11) is 0. The Balaban J connectivity index is 1.82. The molecule has 4 nitrogen and oxygen atoms in total. The molecule has 66 valence electrons. The van der Waals surface area contributed by atoms with E-state index in [1.54, 1.807) is 0 Å². The molecule has 1 heterocycles. The quantitative estimate of drug-likeness (QED) is 0.584. The van der Waals surface area contributed by atoms with Crippen molar-refractivity contribution in [2.75, 3.05) is 13.1 Å². The van der Waals surface area contributed by atoms with Gasteiger partial charge in [0.15, 0.2) is 0 Å². The molecule has 4 heteroatoms. The first kappa shape index (κ1) is 7.58. The van der Waals surface area contributed by atoms with Gasteiger partial charge < -0.3 is 14.8 Å². The summed E-state index contributed by atoms with van der Waals surface area (Å²) in [5, 5.41) is 8.56. The maximum absolute atomic E-state index is 10.4. The van der Waals surface area contributed by atoms with Gasteiger partial charge in [0.2, 0.25) is 0 Å². The summed E-state index contributed by atoms with van der Waals surface area (Å²) < 4.78 is 0. The largest absolute Gasteiger partial charge is 0.465 e. The van der Waals surface area contributed by atoms with Gasteiger partial charge in [0.25, 0.3) is 0 Å².